The van der Waals surface area contributed by atoms with E-state index in [0.717, 1.165) is 10.7 Å². The lowest BCUT2D eigenvalue weighted by atomic mass is 10.2. The van der Waals surface area contributed by atoms with Crippen LogP contribution in [0, 0.1) is 6.92 Å². The minimum absolute atomic E-state index is 0. The molecule has 0 unspecified atom stereocenters. The summed E-state index contributed by atoms with van der Waals surface area (Å²) < 4.78 is 36.2. The van der Waals surface area contributed by atoms with E-state index in [1.807, 2.05) is 31.2 Å². The van der Waals surface area contributed by atoms with Crippen molar-refractivity contribution >= 4 is 41.3 Å². The third-order valence-electron chi connectivity index (χ3n) is 2.89. The molecule has 23 heavy (non-hydrogen) atoms. The van der Waals surface area contributed by atoms with Crippen molar-refractivity contribution in [1.29, 1.82) is 0 Å². The summed E-state index contributed by atoms with van der Waals surface area (Å²) in [6.07, 6.45) is -4.28. The number of halogens is 4. The Bertz CT molecular complexity index is 477. The Labute approximate surface area is 156 Å². The molecule has 0 amide bonds. The fraction of sp³-hybridized carbons (Fsp3) is 0.714. The zero-order valence-corrected chi connectivity index (χ0v) is 16.8. The molecule has 134 valence electrons. The van der Waals surface area contributed by atoms with Crippen LogP contribution in [-0.4, -0.2) is 42.2 Å². The molecule has 0 fully saturated rings. The first kappa shape index (κ1) is 22.4. The van der Waals surface area contributed by atoms with Crippen LogP contribution >= 0.6 is 35.3 Å². The Morgan fingerprint density at radius 1 is 1.39 bits per heavy atom. The van der Waals surface area contributed by atoms with Crippen LogP contribution < -0.4 is 5.32 Å². The molecule has 1 rings (SSSR count). The van der Waals surface area contributed by atoms with E-state index >= 15 is 0 Å². The fourth-order valence-corrected chi connectivity index (χ4v) is 2.49. The number of hydrogen-bond acceptors (Lipinski definition) is 3. The van der Waals surface area contributed by atoms with E-state index in [1.54, 1.807) is 11.3 Å². The zero-order valence-electron chi connectivity index (χ0n) is 13.6. The van der Waals surface area contributed by atoms with Gasteiger partial charge >= 0.3 is 6.18 Å². The maximum atomic E-state index is 12.1. The minimum Gasteiger partial charge on any atom is -0.357 e. The van der Waals surface area contributed by atoms with Gasteiger partial charge in [-0.3, -0.25) is 4.99 Å². The Balaban J connectivity index is 0.00000484. The summed E-state index contributed by atoms with van der Waals surface area (Å²) in [6, 6.07) is 0. The molecular formula is C14H24F3IN4S. The molecule has 9 heteroatoms. The molecule has 0 spiro atoms. The number of aryl methyl sites for hydroxylation is 1. The number of rotatable bonds is 7. The summed E-state index contributed by atoms with van der Waals surface area (Å²) in [6.45, 7) is 5.63. The number of aliphatic imine (C=N–C) groups is 1. The van der Waals surface area contributed by atoms with Gasteiger partial charge in [0.25, 0.3) is 0 Å². The normalized spacial score (nSPS) is 12.0. The van der Waals surface area contributed by atoms with Crippen molar-refractivity contribution in [2.24, 2.45) is 4.99 Å². The molecule has 1 aromatic heterocycles. The van der Waals surface area contributed by atoms with E-state index in [0.29, 0.717) is 32.0 Å². The quantitative estimate of drug-likeness (QED) is 0.285. The summed E-state index contributed by atoms with van der Waals surface area (Å²) in [4.78, 5) is 10.7. The second-order valence-electron chi connectivity index (χ2n) is 5.02. The van der Waals surface area contributed by atoms with Crippen molar-refractivity contribution in [3.05, 3.63) is 16.1 Å². The Morgan fingerprint density at radius 3 is 2.61 bits per heavy atom. The van der Waals surface area contributed by atoms with Gasteiger partial charge in [-0.05, 0) is 26.7 Å². The van der Waals surface area contributed by atoms with E-state index in [4.69, 9.17) is 0 Å². The number of aromatic nitrogens is 1. The minimum atomic E-state index is -4.08. The SMILES string of the molecule is CCNC(=NCCCCC(F)(F)F)N(C)Cc1csc(C)n1.I. The summed E-state index contributed by atoms with van der Waals surface area (Å²) in [5, 5.41) is 6.16. The predicted octanol–water partition coefficient (Wildman–Crippen LogP) is 4.20. The van der Waals surface area contributed by atoms with Crippen LogP contribution in [0.15, 0.2) is 10.4 Å². The van der Waals surface area contributed by atoms with Crippen molar-refractivity contribution in [3.63, 3.8) is 0 Å². The Morgan fingerprint density at radius 2 is 2.09 bits per heavy atom. The maximum absolute atomic E-state index is 12.1. The van der Waals surface area contributed by atoms with Crippen LogP contribution in [0.5, 0.6) is 0 Å². The van der Waals surface area contributed by atoms with E-state index in [9.17, 15) is 13.2 Å². The second-order valence-corrected chi connectivity index (χ2v) is 6.08. The monoisotopic (exact) mass is 464 g/mol. The molecule has 0 bridgehead atoms. The van der Waals surface area contributed by atoms with Gasteiger partial charge in [0.15, 0.2) is 5.96 Å². The van der Waals surface area contributed by atoms with Gasteiger partial charge in [0.05, 0.1) is 17.2 Å². The molecule has 0 atom stereocenters. The maximum Gasteiger partial charge on any atom is 0.389 e. The Hall–Kier alpha value is -0.580. The predicted molar refractivity (Wildman–Crippen MR) is 99.6 cm³/mol. The van der Waals surface area contributed by atoms with Gasteiger partial charge in [-0.1, -0.05) is 0 Å². The average Bonchev–Trinajstić information content (AvgIpc) is 2.81. The third-order valence-corrected chi connectivity index (χ3v) is 3.71. The molecule has 0 aliphatic carbocycles. The van der Waals surface area contributed by atoms with Crippen LogP contribution in [-0.2, 0) is 6.54 Å². The molecule has 0 aromatic carbocycles. The van der Waals surface area contributed by atoms with Gasteiger partial charge in [-0.25, -0.2) is 4.98 Å². The van der Waals surface area contributed by atoms with Gasteiger partial charge in [0.1, 0.15) is 0 Å². The van der Waals surface area contributed by atoms with Crippen LogP contribution in [0.3, 0.4) is 0 Å². The highest BCUT2D eigenvalue weighted by Crippen LogP contribution is 2.22. The van der Waals surface area contributed by atoms with Gasteiger partial charge < -0.3 is 10.2 Å². The first-order valence-corrected chi connectivity index (χ1v) is 8.17. The number of nitrogens with zero attached hydrogens (tertiary/aromatic N) is 3. The summed E-state index contributed by atoms with van der Waals surface area (Å²) in [5.74, 6) is 0.695. The van der Waals surface area contributed by atoms with Gasteiger partial charge in [0.2, 0.25) is 0 Å². The molecule has 4 nitrogen and oxygen atoms in total. The van der Waals surface area contributed by atoms with Crippen LogP contribution in [0.4, 0.5) is 13.2 Å². The highest BCUT2D eigenvalue weighted by molar-refractivity contribution is 14.0. The highest BCUT2D eigenvalue weighted by atomic mass is 127. The zero-order chi connectivity index (χ0) is 16.6. The number of unbranched alkanes of at least 4 members (excludes halogenated alkanes) is 1. The van der Waals surface area contributed by atoms with Crippen LogP contribution in [0.2, 0.25) is 0 Å². The molecule has 1 N–H and O–H groups in total. The largest absolute Gasteiger partial charge is 0.389 e. The number of hydrogen-bond donors (Lipinski definition) is 1. The Kier molecular flexibility index (Phi) is 10.8. The smallest absolute Gasteiger partial charge is 0.357 e. The van der Waals surface area contributed by atoms with Gasteiger partial charge in [-0.15, -0.1) is 35.3 Å². The first-order chi connectivity index (χ1) is 10.3. The number of alkyl halides is 3. The lowest BCUT2D eigenvalue weighted by molar-refractivity contribution is -0.135. The van der Waals surface area contributed by atoms with Crippen molar-refractivity contribution < 1.29 is 13.2 Å². The molecule has 0 saturated heterocycles. The molecule has 0 aliphatic rings. The van der Waals surface area contributed by atoms with Crippen molar-refractivity contribution in [1.82, 2.24) is 15.2 Å². The number of thiazole rings is 1. The summed E-state index contributed by atoms with van der Waals surface area (Å²) in [5.41, 5.74) is 0.965. The number of nitrogens with one attached hydrogen (secondary N) is 1. The van der Waals surface area contributed by atoms with Crippen molar-refractivity contribution in [2.75, 3.05) is 20.1 Å². The fourth-order valence-electron chi connectivity index (χ4n) is 1.89. The molecule has 0 radical (unpaired) electrons. The third kappa shape index (κ3) is 10.0. The molecule has 1 aromatic rings. The number of guanidine groups is 1. The molecule has 0 saturated carbocycles. The van der Waals surface area contributed by atoms with Crippen molar-refractivity contribution in [3.8, 4) is 0 Å². The first-order valence-electron chi connectivity index (χ1n) is 7.29. The molecule has 0 aliphatic heterocycles. The molecule has 1 heterocycles. The lowest BCUT2D eigenvalue weighted by Gasteiger charge is -2.21. The van der Waals surface area contributed by atoms with Crippen LogP contribution in [0.25, 0.3) is 0 Å². The highest BCUT2D eigenvalue weighted by Gasteiger charge is 2.25. The average molecular weight is 464 g/mol. The lowest BCUT2D eigenvalue weighted by Crippen LogP contribution is -2.38. The topological polar surface area (TPSA) is 40.5 Å². The standard InChI is InChI=1S/C14H23F3N4S.HI/c1-4-18-13(19-8-6-5-7-14(15,16)17)21(3)9-12-10-22-11(2)20-12;/h10H,4-9H2,1-3H3,(H,18,19);1H. The summed E-state index contributed by atoms with van der Waals surface area (Å²) >= 11 is 1.59. The van der Waals surface area contributed by atoms with E-state index in [-0.39, 0.29) is 30.4 Å². The molecular weight excluding hydrogens is 440 g/mol. The van der Waals surface area contributed by atoms with Crippen molar-refractivity contribution in [2.45, 2.75) is 45.8 Å². The van der Waals surface area contributed by atoms with E-state index in [2.05, 4.69) is 15.3 Å². The van der Waals surface area contributed by atoms with E-state index < -0.39 is 12.6 Å². The van der Waals surface area contributed by atoms with Gasteiger partial charge in [0, 0.05) is 31.9 Å². The second kappa shape index (κ2) is 11.1. The van der Waals surface area contributed by atoms with Crippen LogP contribution in [0.1, 0.15) is 36.9 Å². The summed E-state index contributed by atoms with van der Waals surface area (Å²) in [7, 11) is 1.89. The van der Waals surface area contributed by atoms with E-state index in [1.165, 1.54) is 0 Å². The van der Waals surface area contributed by atoms with Gasteiger partial charge in [-0.2, -0.15) is 13.2 Å².